The Morgan fingerprint density at radius 1 is 1.60 bits per heavy atom. The zero-order chi connectivity index (χ0) is 14.5. The molecule has 110 valence electrons. The molecule has 1 atom stereocenters. The highest BCUT2D eigenvalue weighted by Crippen LogP contribution is 2.24. The molecule has 0 aromatic carbocycles. The molecule has 1 fully saturated rings. The first-order chi connectivity index (χ1) is 9.67. The molecule has 0 saturated carbocycles. The van der Waals surface area contributed by atoms with E-state index >= 15 is 0 Å². The molecule has 1 aromatic heterocycles. The summed E-state index contributed by atoms with van der Waals surface area (Å²) in [5.74, 6) is 0.508. The van der Waals surface area contributed by atoms with Crippen molar-refractivity contribution in [1.82, 2.24) is 9.88 Å². The summed E-state index contributed by atoms with van der Waals surface area (Å²) in [5.41, 5.74) is 0.499. The Balaban J connectivity index is 2.18. The molecule has 1 amide bonds. The molecule has 1 aliphatic rings. The summed E-state index contributed by atoms with van der Waals surface area (Å²) in [4.78, 5) is 18.5. The highest BCUT2D eigenvalue weighted by Gasteiger charge is 2.27. The molecule has 5 nitrogen and oxygen atoms in total. The van der Waals surface area contributed by atoms with Crippen molar-refractivity contribution in [3.63, 3.8) is 0 Å². The van der Waals surface area contributed by atoms with Gasteiger partial charge in [-0.15, -0.1) is 0 Å². The van der Waals surface area contributed by atoms with Crippen molar-refractivity contribution in [3.05, 3.63) is 22.8 Å². The summed E-state index contributed by atoms with van der Waals surface area (Å²) in [6.45, 7) is 0.834. The first-order valence-corrected chi connectivity index (χ1v) is 7.30. The SMILES string of the molecule is CNc1ncc(C(=O)N2CCCCC2CCO)cc1Cl. The van der Waals surface area contributed by atoms with Gasteiger partial charge in [-0.1, -0.05) is 11.6 Å². The second-order valence-electron chi connectivity index (χ2n) is 4.96. The number of aromatic nitrogens is 1. The maximum absolute atomic E-state index is 12.6. The molecule has 1 aliphatic heterocycles. The van der Waals surface area contributed by atoms with Crippen molar-refractivity contribution in [2.75, 3.05) is 25.5 Å². The second-order valence-corrected chi connectivity index (χ2v) is 5.37. The third kappa shape index (κ3) is 3.22. The van der Waals surface area contributed by atoms with Gasteiger partial charge in [0.1, 0.15) is 5.82 Å². The largest absolute Gasteiger partial charge is 0.396 e. The number of hydrogen-bond acceptors (Lipinski definition) is 4. The van der Waals surface area contributed by atoms with Crippen LogP contribution in [0.5, 0.6) is 0 Å². The summed E-state index contributed by atoms with van der Waals surface area (Å²) in [7, 11) is 1.73. The number of aliphatic hydroxyl groups is 1. The van der Waals surface area contributed by atoms with Crippen LogP contribution in [-0.4, -0.2) is 47.1 Å². The lowest BCUT2D eigenvalue weighted by Gasteiger charge is -2.35. The Morgan fingerprint density at radius 2 is 2.40 bits per heavy atom. The second kappa shape index (κ2) is 6.90. The first-order valence-electron chi connectivity index (χ1n) is 6.92. The Bertz CT molecular complexity index is 479. The van der Waals surface area contributed by atoms with Crippen LogP contribution in [0.2, 0.25) is 5.02 Å². The van der Waals surface area contributed by atoms with Gasteiger partial charge in [0.2, 0.25) is 0 Å². The van der Waals surface area contributed by atoms with Crippen LogP contribution in [0.15, 0.2) is 12.3 Å². The number of nitrogens with one attached hydrogen (secondary N) is 1. The average Bonchev–Trinajstić information content (AvgIpc) is 2.47. The number of amides is 1. The van der Waals surface area contributed by atoms with Crippen LogP contribution in [0.3, 0.4) is 0 Å². The van der Waals surface area contributed by atoms with Gasteiger partial charge < -0.3 is 15.3 Å². The molecule has 20 heavy (non-hydrogen) atoms. The van der Waals surface area contributed by atoms with Crippen molar-refractivity contribution in [1.29, 1.82) is 0 Å². The Labute approximate surface area is 123 Å². The summed E-state index contributed by atoms with van der Waals surface area (Å²) in [5, 5.41) is 12.4. The molecule has 2 rings (SSSR count). The van der Waals surface area contributed by atoms with E-state index in [0.29, 0.717) is 22.8 Å². The highest BCUT2D eigenvalue weighted by molar-refractivity contribution is 6.33. The maximum Gasteiger partial charge on any atom is 0.255 e. The lowest BCUT2D eigenvalue weighted by molar-refractivity contribution is 0.0574. The van der Waals surface area contributed by atoms with Gasteiger partial charge in [0, 0.05) is 32.4 Å². The fourth-order valence-corrected chi connectivity index (χ4v) is 2.88. The van der Waals surface area contributed by atoms with E-state index in [0.717, 1.165) is 25.8 Å². The van der Waals surface area contributed by atoms with Gasteiger partial charge in [-0.05, 0) is 31.7 Å². The predicted molar refractivity (Wildman–Crippen MR) is 79.2 cm³/mol. The number of aliphatic hydroxyl groups excluding tert-OH is 1. The van der Waals surface area contributed by atoms with Crippen molar-refractivity contribution < 1.29 is 9.90 Å². The van der Waals surface area contributed by atoms with E-state index in [2.05, 4.69) is 10.3 Å². The number of nitrogens with zero attached hydrogens (tertiary/aromatic N) is 2. The van der Waals surface area contributed by atoms with Crippen LogP contribution < -0.4 is 5.32 Å². The van der Waals surface area contributed by atoms with Crippen LogP contribution in [0, 0.1) is 0 Å². The lowest BCUT2D eigenvalue weighted by atomic mass is 9.98. The highest BCUT2D eigenvalue weighted by atomic mass is 35.5. The fraction of sp³-hybridized carbons (Fsp3) is 0.571. The standard InChI is InChI=1S/C14H20ClN3O2/c1-16-13-12(15)8-10(9-17-13)14(20)18-6-3-2-4-11(18)5-7-19/h8-9,11,19H,2-7H2,1H3,(H,16,17). The smallest absolute Gasteiger partial charge is 0.255 e. The Morgan fingerprint density at radius 3 is 3.05 bits per heavy atom. The van der Waals surface area contributed by atoms with Gasteiger partial charge in [0.25, 0.3) is 5.91 Å². The van der Waals surface area contributed by atoms with Crippen LogP contribution in [0.4, 0.5) is 5.82 Å². The maximum atomic E-state index is 12.6. The van der Waals surface area contributed by atoms with E-state index in [1.54, 1.807) is 19.3 Å². The zero-order valence-electron chi connectivity index (χ0n) is 11.6. The molecule has 0 aliphatic carbocycles. The Kier molecular flexibility index (Phi) is 5.20. The van der Waals surface area contributed by atoms with Crippen LogP contribution >= 0.6 is 11.6 Å². The molecule has 1 aromatic rings. The first kappa shape index (κ1) is 15.1. The summed E-state index contributed by atoms with van der Waals surface area (Å²) < 4.78 is 0. The van der Waals surface area contributed by atoms with Crippen LogP contribution in [0.25, 0.3) is 0 Å². The number of hydrogen-bond donors (Lipinski definition) is 2. The van der Waals surface area contributed by atoms with E-state index in [-0.39, 0.29) is 18.6 Å². The van der Waals surface area contributed by atoms with Gasteiger partial charge in [0.15, 0.2) is 0 Å². The Hall–Kier alpha value is -1.33. The average molecular weight is 298 g/mol. The minimum atomic E-state index is -0.0554. The van der Waals surface area contributed by atoms with E-state index in [1.165, 1.54) is 0 Å². The van der Waals surface area contributed by atoms with Gasteiger partial charge in [-0.25, -0.2) is 4.98 Å². The van der Waals surface area contributed by atoms with E-state index < -0.39 is 0 Å². The minimum Gasteiger partial charge on any atom is -0.396 e. The molecule has 1 saturated heterocycles. The quantitative estimate of drug-likeness (QED) is 0.894. The molecule has 0 bridgehead atoms. The van der Waals surface area contributed by atoms with Gasteiger partial charge in [0.05, 0.1) is 10.6 Å². The van der Waals surface area contributed by atoms with E-state index in [4.69, 9.17) is 16.7 Å². The summed E-state index contributed by atoms with van der Waals surface area (Å²) >= 11 is 6.07. The number of halogens is 1. The number of rotatable bonds is 4. The van der Waals surface area contributed by atoms with Crippen molar-refractivity contribution >= 4 is 23.3 Å². The molecule has 1 unspecified atom stereocenters. The number of carbonyl (C=O) groups excluding carboxylic acids is 1. The number of pyridine rings is 1. The fourth-order valence-electron chi connectivity index (χ4n) is 2.62. The summed E-state index contributed by atoms with van der Waals surface area (Å²) in [6, 6.07) is 1.76. The van der Waals surface area contributed by atoms with E-state index in [1.807, 2.05) is 4.90 Å². The molecular formula is C14H20ClN3O2. The van der Waals surface area contributed by atoms with Crippen molar-refractivity contribution in [3.8, 4) is 0 Å². The third-order valence-electron chi connectivity index (χ3n) is 3.68. The number of anilines is 1. The zero-order valence-corrected chi connectivity index (χ0v) is 12.4. The van der Waals surface area contributed by atoms with E-state index in [9.17, 15) is 4.79 Å². The minimum absolute atomic E-state index is 0.0554. The van der Waals surface area contributed by atoms with Crippen molar-refractivity contribution in [2.24, 2.45) is 0 Å². The molecule has 0 spiro atoms. The van der Waals surface area contributed by atoms with Gasteiger partial charge in [-0.2, -0.15) is 0 Å². The molecule has 0 radical (unpaired) electrons. The lowest BCUT2D eigenvalue weighted by Crippen LogP contribution is -2.44. The summed E-state index contributed by atoms with van der Waals surface area (Å²) in [6.07, 6.45) is 5.23. The third-order valence-corrected chi connectivity index (χ3v) is 3.96. The number of carbonyl (C=O) groups is 1. The van der Waals surface area contributed by atoms with Gasteiger partial charge >= 0.3 is 0 Å². The molecule has 2 N–H and O–H groups in total. The molecule has 2 heterocycles. The molecular weight excluding hydrogens is 278 g/mol. The monoisotopic (exact) mass is 297 g/mol. The van der Waals surface area contributed by atoms with Crippen LogP contribution in [-0.2, 0) is 0 Å². The normalized spacial score (nSPS) is 18.9. The number of likely N-dealkylation sites (tertiary alicyclic amines) is 1. The van der Waals surface area contributed by atoms with Crippen molar-refractivity contribution in [2.45, 2.75) is 31.7 Å². The number of piperidine rings is 1. The van der Waals surface area contributed by atoms with Crippen LogP contribution in [0.1, 0.15) is 36.0 Å². The molecule has 6 heteroatoms. The van der Waals surface area contributed by atoms with Gasteiger partial charge in [-0.3, -0.25) is 4.79 Å². The topological polar surface area (TPSA) is 65.5 Å². The predicted octanol–water partition coefficient (Wildman–Crippen LogP) is 2.15.